The number of hydrogen-bond acceptors (Lipinski definition) is 2. The lowest BCUT2D eigenvalue weighted by atomic mass is 9.98. The Kier molecular flexibility index (Phi) is 4.25. The highest BCUT2D eigenvalue weighted by molar-refractivity contribution is 6.32. The molecule has 0 aliphatic rings. The van der Waals surface area contributed by atoms with Crippen LogP contribution in [0.3, 0.4) is 0 Å². The van der Waals surface area contributed by atoms with Crippen LogP contribution in [0, 0.1) is 6.92 Å². The zero-order chi connectivity index (χ0) is 13.1. The third-order valence-corrected chi connectivity index (χ3v) is 3.63. The van der Waals surface area contributed by atoms with Gasteiger partial charge in [-0.25, -0.2) is 5.43 Å². The van der Waals surface area contributed by atoms with E-state index in [1.807, 2.05) is 49.4 Å². The van der Waals surface area contributed by atoms with E-state index in [2.05, 4.69) is 5.43 Å². The number of halogens is 2. The zero-order valence-electron chi connectivity index (χ0n) is 9.95. The van der Waals surface area contributed by atoms with Crippen molar-refractivity contribution in [3.05, 3.63) is 69.2 Å². The van der Waals surface area contributed by atoms with Crippen LogP contribution in [0.1, 0.15) is 22.7 Å². The molecule has 0 bridgehead atoms. The second kappa shape index (κ2) is 5.72. The second-order valence-electron chi connectivity index (χ2n) is 4.13. The molecule has 3 N–H and O–H groups in total. The van der Waals surface area contributed by atoms with Crippen molar-refractivity contribution in [2.75, 3.05) is 0 Å². The minimum Gasteiger partial charge on any atom is -0.271 e. The average molecular weight is 281 g/mol. The van der Waals surface area contributed by atoms with Gasteiger partial charge in [-0.2, -0.15) is 0 Å². The summed E-state index contributed by atoms with van der Waals surface area (Å²) in [5.74, 6) is 5.65. The molecule has 94 valence electrons. The molecular weight excluding hydrogens is 267 g/mol. The first-order valence-electron chi connectivity index (χ1n) is 5.60. The maximum Gasteiger partial charge on any atom is 0.0725 e. The van der Waals surface area contributed by atoms with Crippen molar-refractivity contribution in [1.29, 1.82) is 0 Å². The summed E-state index contributed by atoms with van der Waals surface area (Å²) in [4.78, 5) is 0. The average Bonchev–Trinajstić information content (AvgIpc) is 2.35. The predicted molar refractivity (Wildman–Crippen MR) is 76.8 cm³/mol. The summed E-state index contributed by atoms with van der Waals surface area (Å²) in [5.41, 5.74) is 5.74. The van der Waals surface area contributed by atoms with Crippen LogP contribution in [0.2, 0.25) is 10.0 Å². The van der Waals surface area contributed by atoms with Crippen molar-refractivity contribution >= 4 is 23.2 Å². The Morgan fingerprint density at radius 1 is 1.11 bits per heavy atom. The molecule has 0 amide bonds. The van der Waals surface area contributed by atoms with Gasteiger partial charge in [0, 0.05) is 10.0 Å². The highest BCUT2D eigenvalue weighted by Crippen LogP contribution is 2.30. The fourth-order valence-corrected chi connectivity index (χ4v) is 2.38. The molecule has 1 atom stereocenters. The molecule has 0 saturated heterocycles. The van der Waals surface area contributed by atoms with Gasteiger partial charge in [-0.05, 0) is 35.7 Å². The molecule has 2 aromatic carbocycles. The van der Waals surface area contributed by atoms with Crippen LogP contribution in [0.15, 0.2) is 42.5 Å². The van der Waals surface area contributed by atoms with Crippen LogP contribution < -0.4 is 11.3 Å². The van der Waals surface area contributed by atoms with Gasteiger partial charge in [0.25, 0.3) is 0 Å². The van der Waals surface area contributed by atoms with Gasteiger partial charge in [0.1, 0.15) is 0 Å². The number of rotatable bonds is 3. The van der Waals surface area contributed by atoms with Gasteiger partial charge in [-0.3, -0.25) is 5.84 Å². The number of benzene rings is 2. The van der Waals surface area contributed by atoms with Crippen molar-refractivity contribution < 1.29 is 0 Å². The van der Waals surface area contributed by atoms with E-state index in [0.717, 1.165) is 21.7 Å². The molecule has 0 heterocycles. The molecule has 0 aromatic heterocycles. The van der Waals surface area contributed by atoms with E-state index in [-0.39, 0.29) is 6.04 Å². The Hall–Kier alpha value is -1.06. The van der Waals surface area contributed by atoms with E-state index in [1.165, 1.54) is 0 Å². The molecule has 0 saturated carbocycles. The molecular formula is C14H14Cl2N2. The number of nitrogens with two attached hydrogens (primary N) is 1. The summed E-state index contributed by atoms with van der Waals surface area (Å²) < 4.78 is 0. The fourth-order valence-electron chi connectivity index (χ4n) is 1.94. The molecule has 0 aliphatic carbocycles. The summed E-state index contributed by atoms with van der Waals surface area (Å²) in [5, 5.41) is 1.40. The first kappa shape index (κ1) is 13.4. The summed E-state index contributed by atoms with van der Waals surface area (Å²) >= 11 is 12.3. The SMILES string of the molecule is Cc1cccc(C(NN)c2cccc(Cl)c2)c1Cl. The van der Waals surface area contributed by atoms with Crippen LogP contribution in [0.25, 0.3) is 0 Å². The van der Waals surface area contributed by atoms with Gasteiger partial charge in [0.05, 0.1) is 6.04 Å². The Morgan fingerprint density at radius 3 is 2.50 bits per heavy atom. The van der Waals surface area contributed by atoms with Crippen LogP contribution in [-0.2, 0) is 0 Å². The first-order chi connectivity index (χ1) is 8.63. The standard InChI is InChI=1S/C14H14Cl2N2/c1-9-4-2-7-12(13(9)16)14(18-17)10-5-3-6-11(15)8-10/h2-8,14,18H,17H2,1H3. The van der Waals surface area contributed by atoms with E-state index in [0.29, 0.717) is 5.02 Å². The van der Waals surface area contributed by atoms with Crippen molar-refractivity contribution in [1.82, 2.24) is 5.43 Å². The van der Waals surface area contributed by atoms with Crippen LogP contribution >= 0.6 is 23.2 Å². The topological polar surface area (TPSA) is 38.0 Å². The molecule has 4 heteroatoms. The van der Waals surface area contributed by atoms with Gasteiger partial charge >= 0.3 is 0 Å². The van der Waals surface area contributed by atoms with Gasteiger partial charge in [0.15, 0.2) is 0 Å². The van der Waals surface area contributed by atoms with Crippen LogP contribution in [-0.4, -0.2) is 0 Å². The Labute approximate surface area is 117 Å². The molecule has 18 heavy (non-hydrogen) atoms. The van der Waals surface area contributed by atoms with E-state index in [1.54, 1.807) is 0 Å². The number of hydrogen-bond donors (Lipinski definition) is 2. The smallest absolute Gasteiger partial charge is 0.0725 e. The highest BCUT2D eigenvalue weighted by Gasteiger charge is 2.16. The lowest BCUT2D eigenvalue weighted by molar-refractivity contribution is 0.637. The Balaban J connectivity index is 2.49. The molecule has 2 nitrogen and oxygen atoms in total. The third-order valence-electron chi connectivity index (χ3n) is 2.88. The van der Waals surface area contributed by atoms with E-state index in [9.17, 15) is 0 Å². The Bertz CT molecular complexity index is 555. The molecule has 1 unspecified atom stereocenters. The normalized spacial score (nSPS) is 12.4. The van der Waals surface area contributed by atoms with Gasteiger partial charge in [-0.15, -0.1) is 0 Å². The number of aryl methyl sites for hydroxylation is 1. The maximum absolute atomic E-state index is 6.33. The van der Waals surface area contributed by atoms with E-state index >= 15 is 0 Å². The predicted octanol–water partition coefficient (Wildman–Crippen LogP) is 3.85. The Morgan fingerprint density at radius 2 is 1.83 bits per heavy atom. The summed E-state index contributed by atoms with van der Waals surface area (Å²) in [6, 6.07) is 13.3. The summed E-state index contributed by atoms with van der Waals surface area (Å²) in [7, 11) is 0. The lowest BCUT2D eigenvalue weighted by Gasteiger charge is -2.19. The maximum atomic E-state index is 6.33. The van der Waals surface area contributed by atoms with Gasteiger partial charge in [0.2, 0.25) is 0 Å². The molecule has 2 aromatic rings. The highest BCUT2D eigenvalue weighted by atomic mass is 35.5. The molecule has 0 fully saturated rings. The largest absolute Gasteiger partial charge is 0.271 e. The molecule has 0 spiro atoms. The summed E-state index contributed by atoms with van der Waals surface area (Å²) in [6.07, 6.45) is 0. The van der Waals surface area contributed by atoms with Crippen LogP contribution in [0.4, 0.5) is 0 Å². The third kappa shape index (κ3) is 2.68. The lowest BCUT2D eigenvalue weighted by Crippen LogP contribution is -2.29. The monoisotopic (exact) mass is 280 g/mol. The molecule has 0 radical (unpaired) electrons. The number of hydrazine groups is 1. The van der Waals surface area contributed by atoms with E-state index in [4.69, 9.17) is 29.0 Å². The number of nitrogens with one attached hydrogen (secondary N) is 1. The van der Waals surface area contributed by atoms with Crippen LogP contribution in [0.5, 0.6) is 0 Å². The molecule has 0 aliphatic heterocycles. The van der Waals surface area contributed by atoms with Crippen molar-refractivity contribution in [3.63, 3.8) is 0 Å². The fraction of sp³-hybridized carbons (Fsp3) is 0.143. The summed E-state index contributed by atoms with van der Waals surface area (Å²) in [6.45, 7) is 1.97. The quantitative estimate of drug-likeness (QED) is 0.662. The minimum atomic E-state index is -0.170. The molecule has 2 rings (SSSR count). The van der Waals surface area contributed by atoms with Crippen molar-refractivity contribution in [2.45, 2.75) is 13.0 Å². The van der Waals surface area contributed by atoms with Crippen molar-refractivity contribution in [2.24, 2.45) is 5.84 Å². The van der Waals surface area contributed by atoms with Gasteiger partial charge in [-0.1, -0.05) is 53.5 Å². The van der Waals surface area contributed by atoms with E-state index < -0.39 is 0 Å². The second-order valence-corrected chi connectivity index (χ2v) is 4.95. The minimum absolute atomic E-state index is 0.170. The van der Waals surface area contributed by atoms with Gasteiger partial charge < -0.3 is 0 Å². The zero-order valence-corrected chi connectivity index (χ0v) is 11.5. The first-order valence-corrected chi connectivity index (χ1v) is 6.35. The van der Waals surface area contributed by atoms with Crippen molar-refractivity contribution in [3.8, 4) is 0 Å².